The average Bonchev–Trinajstić information content (AvgIpc) is 2.82. The molecule has 0 bridgehead atoms. The quantitative estimate of drug-likeness (QED) is 0.292. The molecule has 0 aromatic rings. The number of aliphatic hydroxyl groups excluding tert-OH is 1. The lowest BCUT2D eigenvalue weighted by Crippen LogP contribution is -2.31. The van der Waals surface area contributed by atoms with Crippen LogP contribution in [0.25, 0.3) is 0 Å². The SMILES string of the molecule is CCCCNC(=O)OC[C@@H]1[C@@H](CC=CCCCC(=O)O)[C@H](Cl)C[C@H]1O. The molecule has 0 aromatic carbocycles. The summed E-state index contributed by atoms with van der Waals surface area (Å²) in [5.74, 6) is -0.929. The Morgan fingerprint density at radius 2 is 2.04 bits per heavy atom. The summed E-state index contributed by atoms with van der Waals surface area (Å²) in [6.45, 7) is 2.78. The van der Waals surface area contributed by atoms with Gasteiger partial charge in [-0.05, 0) is 38.0 Å². The van der Waals surface area contributed by atoms with Gasteiger partial charge in [-0.15, -0.1) is 11.6 Å². The number of alkyl carbamates (subject to hydrolysis) is 1. The van der Waals surface area contributed by atoms with E-state index in [1.54, 1.807) is 0 Å². The van der Waals surface area contributed by atoms with E-state index in [0.717, 1.165) is 12.8 Å². The van der Waals surface area contributed by atoms with Gasteiger partial charge in [-0.1, -0.05) is 25.5 Å². The first kappa shape index (κ1) is 21.8. The first-order chi connectivity index (χ1) is 12.0. The van der Waals surface area contributed by atoms with Gasteiger partial charge < -0.3 is 20.3 Å². The number of alkyl halides is 1. The normalized spacial score (nSPS) is 26.0. The molecule has 0 spiro atoms. The number of allylic oxidation sites excluding steroid dienone is 2. The number of carboxylic acid groups (broad SMARTS) is 1. The van der Waals surface area contributed by atoms with Crippen LogP contribution in [0.4, 0.5) is 4.79 Å². The molecule has 0 saturated heterocycles. The van der Waals surface area contributed by atoms with Crippen LogP contribution in [0.15, 0.2) is 12.2 Å². The van der Waals surface area contributed by atoms with Gasteiger partial charge >= 0.3 is 12.1 Å². The number of aliphatic hydroxyl groups is 1. The number of hydrogen-bond donors (Lipinski definition) is 3. The summed E-state index contributed by atoms with van der Waals surface area (Å²) in [4.78, 5) is 22.1. The maximum atomic E-state index is 11.6. The smallest absolute Gasteiger partial charge is 0.407 e. The van der Waals surface area contributed by atoms with Gasteiger partial charge in [0.05, 0.1) is 12.7 Å². The van der Waals surface area contributed by atoms with E-state index < -0.39 is 18.2 Å². The number of nitrogens with one attached hydrogen (secondary N) is 1. The number of rotatable bonds is 11. The Balaban J connectivity index is 2.38. The van der Waals surface area contributed by atoms with Gasteiger partial charge in [0.2, 0.25) is 0 Å². The van der Waals surface area contributed by atoms with Crippen molar-refractivity contribution in [1.29, 1.82) is 0 Å². The van der Waals surface area contributed by atoms with Crippen molar-refractivity contribution in [2.24, 2.45) is 11.8 Å². The number of amides is 1. The lowest BCUT2D eigenvalue weighted by molar-refractivity contribution is -0.137. The Morgan fingerprint density at radius 3 is 2.72 bits per heavy atom. The molecule has 4 atom stereocenters. The largest absolute Gasteiger partial charge is 0.481 e. The number of hydrogen-bond acceptors (Lipinski definition) is 4. The van der Waals surface area contributed by atoms with Gasteiger partial charge in [0.1, 0.15) is 0 Å². The van der Waals surface area contributed by atoms with Gasteiger partial charge in [-0.2, -0.15) is 0 Å². The van der Waals surface area contributed by atoms with Crippen molar-refractivity contribution in [1.82, 2.24) is 5.32 Å². The van der Waals surface area contributed by atoms with Crippen molar-refractivity contribution in [2.75, 3.05) is 13.2 Å². The van der Waals surface area contributed by atoms with Crippen LogP contribution >= 0.6 is 11.6 Å². The lowest BCUT2D eigenvalue weighted by atomic mass is 9.92. The Hall–Kier alpha value is -1.27. The summed E-state index contributed by atoms with van der Waals surface area (Å²) >= 11 is 6.34. The summed E-state index contributed by atoms with van der Waals surface area (Å²) in [5, 5.41) is 21.3. The fourth-order valence-corrected chi connectivity index (χ4v) is 3.50. The minimum Gasteiger partial charge on any atom is -0.481 e. The van der Waals surface area contributed by atoms with Crippen LogP contribution in [-0.2, 0) is 9.53 Å². The molecular weight excluding hydrogens is 346 g/mol. The van der Waals surface area contributed by atoms with Gasteiger partial charge in [0.25, 0.3) is 0 Å². The van der Waals surface area contributed by atoms with Gasteiger partial charge in [-0.3, -0.25) is 4.79 Å². The predicted molar refractivity (Wildman–Crippen MR) is 96.7 cm³/mol. The Kier molecular flexibility index (Phi) is 10.6. The summed E-state index contributed by atoms with van der Waals surface area (Å²) < 4.78 is 5.23. The fourth-order valence-electron chi connectivity index (χ4n) is 3.02. The second-order valence-corrected chi connectivity index (χ2v) is 7.08. The number of carboxylic acids is 1. The van der Waals surface area contributed by atoms with Gasteiger partial charge in [-0.25, -0.2) is 4.79 Å². The first-order valence-corrected chi connectivity index (χ1v) is 9.48. The van der Waals surface area contributed by atoms with Crippen LogP contribution in [0.1, 0.15) is 51.9 Å². The van der Waals surface area contributed by atoms with Crippen LogP contribution in [0, 0.1) is 11.8 Å². The monoisotopic (exact) mass is 375 g/mol. The van der Waals surface area contributed by atoms with Crippen molar-refractivity contribution in [2.45, 2.75) is 63.4 Å². The molecule has 144 valence electrons. The number of ether oxygens (including phenoxy) is 1. The van der Waals surface area contributed by atoms with E-state index in [1.165, 1.54) is 0 Å². The highest BCUT2D eigenvalue weighted by Crippen LogP contribution is 2.38. The Labute approximate surface area is 154 Å². The standard InChI is InChI=1S/C18H30ClNO5/c1-2-3-10-20-18(24)25-12-14-13(15(19)11-16(14)21)8-6-4-5-7-9-17(22)23/h4,6,13-16,21H,2-3,5,7-12H2,1H3,(H,20,24)(H,22,23)/t13-,14-,15-,16-/m1/s1. The topological polar surface area (TPSA) is 95.9 Å². The zero-order valence-corrected chi connectivity index (χ0v) is 15.6. The van der Waals surface area contributed by atoms with E-state index in [1.807, 2.05) is 19.1 Å². The number of carbonyl (C=O) groups excluding carboxylic acids is 1. The molecule has 3 N–H and O–H groups in total. The third kappa shape index (κ3) is 8.59. The summed E-state index contributed by atoms with van der Waals surface area (Å²) in [7, 11) is 0. The van der Waals surface area contributed by atoms with Crippen molar-refractivity contribution in [3.8, 4) is 0 Å². The Morgan fingerprint density at radius 1 is 1.28 bits per heavy atom. The zero-order chi connectivity index (χ0) is 18.7. The summed E-state index contributed by atoms with van der Waals surface area (Å²) in [6, 6.07) is 0. The van der Waals surface area contributed by atoms with E-state index in [9.17, 15) is 14.7 Å². The van der Waals surface area contributed by atoms with E-state index in [2.05, 4.69) is 5.32 Å². The number of halogens is 1. The summed E-state index contributed by atoms with van der Waals surface area (Å²) in [5.41, 5.74) is 0. The molecule has 1 saturated carbocycles. The van der Waals surface area contributed by atoms with Crippen LogP contribution in [0.5, 0.6) is 0 Å². The third-order valence-electron chi connectivity index (χ3n) is 4.52. The second-order valence-electron chi connectivity index (χ2n) is 6.52. The molecule has 0 aromatic heterocycles. The molecule has 0 radical (unpaired) electrons. The van der Waals surface area contributed by atoms with Crippen LogP contribution in [-0.4, -0.2) is 46.9 Å². The van der Waals surface area contributed by atoms with E-state index in [-0.39, 0.29) is 30.2 Å². The molecule has 0 aliphatic heterocycles. The van der Waals surface area contributed by atoms with Crippen molar-refractivity contribution in [3.05, 3.63) is 12.2 Å². The minimum absolute atomic E-state index is 0.0378. The highest BCUT2D eigenvalue weighted by molar-refractivity contribution is 6.21. The molecule has 25 heavy (non-hydrogen) atoms. The minimum atomic E-state index is -0.789. The molecular formula is C18H30ClNO5. The van der Waals surface area contributed by atoms with Crippen LogP contribution in [0.2, 0.25) is 0 Å². The highest BCUT2D eigenvalue weighted by atomic mass is 35.5. The van der Waals surface area contributed by atoms with Crippen LogP contribution < -0.4 is 5.32 Å². The first-order valence-electron chi connectivity index (χ1n) is 9.05. The van der Waals surface area contributed by atoms with Crippen molar-refractivity contribution in [3.63, 3.8) is 0 Å². The van der Waals surface area contributed by atoms with E-state index in [0.29, 0.717) is 32.2 Å². The van der Waals surface area contributed by atoms with Crippen molar-refractivity contribution >= 4 is 23.7 Å². The lowest BCUT2D eigenvalue weighted by Gasteiger charge is -2.22. The molecule has 1 aliphatic carbocycles. The molecule has 7 heteroatoms. The van der Waals surface area contributed by atoms with E-state index >= 15 is 0 Å². The van der Waals surface area contributed by atoms with Gasteiger partial charge in [0.15, 0.2) is 0 Å². The fraction of sp³-hybridized carbons (Fsp3) is 0.778. The van der Waals surface area contributed by atoms with Crippen LogP contribution in [0.3, 0.4) is 0 Å². The number of aliphatic carboxylic acids is 1. The van der Waals surface area contributed by atoms with E-state index in [4.69, 9.17) is 21.4 Å². The maximum Gasteiger partial charge on any atom is 0.407 e. The summed E-state index contributed by atoms with van der Waals surface area (Å²) in [6.07, 6.45) is 7.45. The zero-order valence-electron chi connectivity index (χ0n) is 14.8. The molecule has 0 heterocycles. The average molecular weight is 376 g/mol. The van der Waals surface area contributed by atoms with Gasteiger partial charge in [0, 0.05) is 24.3 Å². The number of carbonyl (C=O) groups is 2. The predicted octanol–water partition coefficient (Wildman–Crippen LogP) is 3.32. The third-order valence-corrected chi connectivity index (χ3v) is 5.02. The molecule has 0 unspecified atom stereocenters. The molecule has 6 nitrogen and oxygen atoms in total. The molecule has 1 amide bonds. The maximum absolute atomic E-state index is 11.6. The van der Waals surface area contributed by atoms with Crippen molar-refractivity contribution < 1.29 is 24.5 Å². The Bertz CT molecular complexity index is 443. The molecule has 1 fully saturated rings. The molecule has 1 aliphatic rings. The highest BCUT2D eigenvalue weighted by Gasteiger charge is 2.41. The number of unbranched alkanes of at least 4 members (excludes halogenated alkanes) is 2. The second kappa shape index (κ2) is 12.1. The molecule has 1 rings (SSSR count).